The van der Waals surface area contributed by atoms with Crippen molar-refractivity contribution in [3.05, 3.63) is 40.8 Å². The molecular formula is C12H11N3O2S. The van der Waals surface area contributed by atoms with Gasteiger partial charge in [-0.1, -0.05) is 6.07 Å². The average Bonchev–Trinajstić information content (AvgIpc) is 2.81. The van der Waals surface area contributed by atoms with Crippen LogP contribution in [0.4, 0.5) is 11.4 Å². The molecule has 92 valence electrons. The highest BCUT2D eigenvalue weighted by Crippen LogP contribution is 2.16. The van der Waals surface area contributed by atoms with E-state index in [1.165, 1.54) is 18.3 Å². The molecular weight excluding hydrogens is 250 g/mol. The van der Waals surface area contributed by atoms with Gasteiger partial charge >= 0.3 is 0 Å². The molecule has 6 heteroatoms. The van der Waals surface area contributed by atoms with Gasteiger partial charge in [0, 0.05) is 29.9 Å². The molecule has 0 aliphatic carbocycles. The Kier molecular flexibility index (Phi) is 3.69. The lowest BCUT2D eigenvalue weighted by molar-refractivity contribution is -0.114. The molecule has 0 atom stereocenters. The van der Waals surface area contributed by atoms with Crippen LogP contribution in [0.1, 0.15) is 16.7 Å². The fourth-order valence-corrected chi connectivity index (χ4v) is 1.93. The summed E-state index contributed by atoms with van der Waals surface area (Å²) in [4.78, 5) is 26.6. The van der Waals surface area contributed by atoms with E-state index in [1.54, 1.807) is 35.8 Å². The molecule has 1 aromatic carbocycles. The van der Waals surface area contributed by atoms with Gasteiger partial charge in [-0.05, 0) is 18.2 Å². The van der Waals surface area contributed by atoms with Crippen molar-refractivity contribution in [2.24, 2.45) is 0 Å². The van der Waals surface area contributed by atoms with E-state index in [1.807, 2.05) is 0 Å². The lowest BCUT2D eigenvalue weighted by atomic mass is 10.2. The summed E-state index contributed by atoms with van der Waals surface area (Å²) in [5, 5.41) is 7.51. The monoisotopic (exact) mass is 261 g/mol. The summed E-state index contributed by atoms with van der Waals surface area (Å²) in [6, 6.07) is 6.94. The molecule has 0 aliphatic rings. The fraction of sp³-hybridized carbons (Fsp3) is 0.0833. The molecule has 0 bridgehead atoms. The second-order valence-electron chi connectivity index (χ2n) is 3.55. The van der Waals surface area contributed by atoms with Crippen LogP contribution < -0.4 is 10.6 Å². The lowest BCUT2D eigenvalue weighted by Gasteiger charge is -2.06. The Balaban J connectivity index is 2.10. The molecule has 0 unspecified atom stereocenters. The maximum atomic E-state index is 11.8. The lowest BCUT2D eigenvalue weighted by Crippen LogP contribution is -2.12. The standard InChI is InChI=1S/C12H11N3O2S/c1-8(16)14-9-3-2-4-10(7-9)15-11(17)12-13-5-6-18-12/h2-7H,1H3,(H,14,16)(H,15,17). The Bertz CT molecular complexity index is 566. The van der Waals surface area contributed by atoms with Crippen LogP contribution >= 0.6 is 11.3 Å². The third-order valence-corrected chi connectivity index (χ3v) is 2.84. The fourth-order valence-electron chi connectivity index (χ4n) is 1.40. The van der Waals surface area contributed by atoms with Crippen LogP contribution in [0.2, 0.25) is 0 Å². The van der Waals surface area contributed by atoms with Gasteiger partial charge < -0.3 is 10.6 Å². The summed E-state index contributed by atoms with van der Waals surface area (Å²) in [7, 11) is 0. The van der Waals surface area contributed by atoms with Gasteiger partial charge in [0.2, 0.25) is 5.91 Å². The molecule has 0 aliphatic heterocycles. The third-order valence-electron chi connectivity index (χ3n) is 2.07. The van der Waals surface area contributed by atoms with Crippen molar-refractivity contribution < 1.29 is 9.59 Å². The number of hydrogen-bond acceptors (Lipinski definition) is 4. The van der Waals surface area contributed by atoms with Crippen molar-refractivity contribution >= 4 is 34.5 Å². The van der Waals surface area contributed by atoms with E-state index in [0.29, 0.717) is 16.4 Å². The van der Waals surface area contributed by atoms with Crippen molar-refractivity contribution in [1.82, 2.24) is 4.98 Å². The quantitative estimate of drug-likeness (QED) is 0.891. The minimum atomic E-state index is -0.259. The Morgan fingerprint density at radius 1 is 1.22 bits per heavy atom. The van der Waals surface area contributed by atoms with Gasteiger partial charge in [0.05, 0.1) is 0 Å². The topological polar surface area (TPSA) is 71.1 Å². The number of amides is 2. The minimum Gasteiger partial charge on any atom is -0.326 e. The van der Waals surface area contributed by atoms with Crippen LogP contribution in [-0.4, -0.2) is 16.8 Å². The zero-order valence-electron chi connectivity index (χ0n) is 9.64. The average molecular weight is 261 g/mol. The summed E-state index contributed by atoms with van der Waals surface area (Å²) in [6.07, 6.45) is 1.58. The Morgan fingerprint density at radius 2 is 1.94 bits per heavy atom. The number of carbonyl (C=O) groups is 2. The van der Waals surface area contributed by atoms with Gasteiger partial charge in [0.1, 0.15) is 0 Å². The smallest absolute Gasteiger partial charge is 0.284 e. The van der Waals surface area contributed by atoms with Crippen molar-refractivity contribution in [3.8, 4) is 0 Å². The maximum absolute atomic E-state index is 11.8. The highest BCUT2D eigenvalue weighted by molar-refractivity contribution is 7.11. The summed E-state index contributed by atoms with van der Waals surface area (Å²) in [5.74, 6) is -0.414. The number of anilines is 2. The van der Waals surface area contributed by atoms with Crippen LogP contribution in [0.25, 0.3) is 0 Å². The van der Waals surface area contributed by atoms with E-state index < -0.39 is 0 Å². The van der Waals surface area contributed by atoms with Crippen LogP contribution in [0.5, 0.6) is 0 Å². The predicted molar refractivity (Wildman–Crippen MR) is 70.8 cm³/mol. The predicted octanol–water partition coefficient (Wildman–Crippen LogP) is 2.35. The van der Waals surface area contributed by atoms with Crippen LogP contribution in [-0.2, 0) is 4.79 Å². The number of nitrogens with one attached hydrogen (secondary N) is 2. The van der Waals surface area contributed by atoms with Gasteiger partial charge in [-0.3, -0.25) is 9.59 Å². The van der Waals surface area contributed by atoms with E-state index in [9.17, 15) is 9.59 Å². The largest absolute Gasteiger partial charge is 0.326 e. The first kappa shape index (κ1) is 12.3. The molecule has 2 amide bonds. The first-order chi connectivity index (χ1) is 8.65. The normalized spacial score (nSPS) is 9.83. The van der Waals surface area contributed by atoms with Crippen molar-refractivity contribution in [2.45, 2.75) is 6.92 Å². The highest BCUT2D eigenvalue weighted by atomic mass is 32.1. The third kappa shape index (κ3) is 3.14. The van der Waals surface area contributed by atoms with Crippen molar-refractivity contribution in [1.29, 1.82) is 0 Å². The number of rotatable bonds is 3. The first-order valence-corrected chi connectivity index (χ1v) is 6.11. The van der Waals surface area contributed by atoms with E-state index in [4.69, 9.17) is 0 Å². The molecule has 0 saturated heterocycles. The van der Waals surface area contributed by atoms with Crippen LogP contribution in [0, 0.1) is 0 Å². The number of benzene rings is 1. The molecule has 5 nitrogen and oxygen atoms in total. The molecule has 0 saturated carbocycles. The molecule has 2 N–H and O–H groups in total. The van der Waals surface area contributed by atoms with Crippen molar-refractivity contribution in [2.75, 3.05) is 10.6 Å². The number of nitrogens with zero attached hydrogens (tertiary/aromatic N) is 1. The summed E-state index contributed by atoms with van der Waals surface area (Å²) < 4.78 is 0. The molecule has 0 fully saturated rings. The Labute approximate surface area is 108 Å². The molecule has 18 heavy (non-hydrogen) atoms. The zero-order chi connectivity index (χ0) is 13.0. The molecule has 2 aromatic rings. The van der Waals surface area contributed by atoms with E-state index >= 15 is 0 Å². The molecule has 1 aromatic heterocycles. The van der Waals surface area contributed by atoms with Gasteiger partial charge in [0.25, 0.3) is 5.91 Å². The van der Waals surface area contributed by atoms with Crippen molar-refractivity contribution in [3.63, 3.8) is 0 Å². The first-order valence-electron chi connectivity index (χ1n) is 5.23. The van der Waals surface area contributed by atoms with E-state index in [-0.39, 0.29) is 11.8 Å². The SMILES string of the molecule is CC(=O)Nc1cccc(NC(=O)c2nccs2)c1. The number of thiazole rings is 1. The number of aromatic nitrogens is 1. The molecule has 0 radical (unpaired) electrons. The summed E-state index contributed by atoms with van der Waals surface area (Å²) in [5.41, 5.74) is 1.25. The Hall–Kier alpha value is -2.21. The maximum Gasteiger partial charge on any atom is 0.284 e. The number of carbonyl (C=O) groups excluding carboxylic acids is 2. The van der Waals surface area contributed by atoms with Gasteiger partial charge in [-0.2, -0.15) is 0 Å². The van der Waals surface area contributed by atoms with E-state index in [0.717, 1.165) is 0 Å². The zero-order valence-corrected chi connectivity index (χ0v) is 10.5. The molecule has 1 heterocycles. The Morgan fingerprint density at radius 3 is 2.56 bits per heavy atom. The van der Waals surface area contributed by atoms with Crippen LogP contribution in [0.15, 0.2) is 35.8 Å². The second kappa shape index (κ2) is 5.42. The molecule has 2 rings (SSSR count). The van der Waals surface area contributed by atoms with Crippen LogP contribution in [0.3, 0.4) is 0 Å². The summed E-state index contributed by atoms with van der Waals surface area (Å²) >= 11 is 1.27. The van der Waals surface area contributed by atoms with Gasteiger partial charge in [-0.15, -0.1) is 11.3 Å². The van der Waals surface area contributed by atoms with Gasteiger partial charge in [0.15, 0.2) is 5.01 Å². The highest BCUT2D eigenvalue weighted by Gasteiger charge is 2.08. The van der Waals surface area contributed by atoms with E-state index in [2.05, 4.69) is 15.6 Å². The second-order valence-corrected chi connectivity index (χ2v) is 4.45. The minimum absolute atomic E-state index is 0.154. The summed E-state index contributed by atoms with van der Waals surface area (Å²) in [6.45, 7) is 1.43. The molecule has 0 spiro atoms. The number of hydrogen-bond donors (Lipinski definition) is 2. The van der Waals surface area contributed by atoms with Gasteiger partial charge in [-0.25, -0.2) is 4.98 Å².